The molecule has 1 atom stereocenters. The van der Waals surface area contributed by atoms with Crippen molar-refractivity contribution in [1.82, 2.24) is 4.98 Å². The fourth-order valence-corrected chi connectivity index (χ4v) is 3.50. The quantitative estimate of drug-likeness (QED) is 0.427. The van der Waals surface area contributed by atoms with Crippen LogP contribution in [0.25, 0.3) is 10.9 Å². The van der Waals surface area contributed by atoms with Crippen molar-refractivity contribution in [3.8, 4) is 11.5 Å². The van der Waals surface area contributed by atoms with Crippen LogP contribution >= 0.6 is 0 Å². The lowest BCUT2D eigenvalue weighted by Crippen LogP contribution is -2.21. The summed E-state index contributed by atoms with van der Waals surface area (Å²) in [5.74, 6) is 1.35. The molecule has 0 bridgehead atoms. The molecule has 146 valence electrons. The number of nitrogens with one attached hydrogen (secondary N) is 2. The highest BCUT2D eigenvalue weighted by Crippen LogP contribution is 2.33. The van der Waals surface area contributed by atoms with Gasteiger partial charge in [-0.15, -0.1) is 0 Å². The number of carbonyl (C=O) groups excluding carboxylic acids is 1. The molecule has 4 aromatic rings. The minimum absolute atomic E-state index is 0.0465. The molecule has 2 N–H and O–H groups in total. The van der Waals surface area contributed by atoms with Crippen LogP contribution in [0.2, 0.25) is 0 Å². The number of aromatic amines is 1. The van der Waals surface area contributed by atoms with Crippen LogP contribution in [0.4, 0.5) is 5.69 Å². The van der Waals surface area contributed by atoms with Gasteiger partial charge in [-0.05, 0) is 29.8 Å². The van der Waals surface area contributed by atoms with Crippen molar-refractivity contribution in [3.63, 3.8) is 0 Å². The Bertz CT molecular complexity index is 1140. The Morgan fingerprint density at radius 1 is 0.931 bits per heavy atom. The summed E-state index contributed by atoms with van der Waals surface area (Å²) < 4.78 is 10.8. The Balaban J connectivity index is 1.78. The number of aromatic nitrogens is 1. The van der Waals surface area contributed by atoms with Crippen LogP contribution in [0.3, 0.4) is 0 Å². The summed E-state index contributed by atoms with van der Waals surface area (Å²) >= 11 is 0. The topological polar surface area (TPSA) is 63.3 Å². The molecular weight excluding hydrogens is 364 g/mol. The summed E-state index contributed by atoms with van der Waals surface area (Å²) in [6.45, 7) is 0. The summed E-state index contributed by atoms with van der Waals surface area (Å²) in [6, 6.07) is 22.4. The van der Waals surface area contributed by atoms with E-state index in [9.17, 15) is 4.79 Å². The number of carbonyl (C=O) groups is 1. The molecular formula is C24H22N2O3. The number of H-pyrrole nitrogens is 1. The van der Waals surface area contributed by atoms with Gasteiger partial charge in [0.1, 0.15) is 17.5 Å². The molecule has 0 radical (unpaired) electrons. The van der Waals surface area contributed by atoms with Gasteiger partial charge in [0.15, 0.2) is 5.78 Å². The van der Waals surface area contributed by atoms with E-state index >= 15 is 0 Å². The lowest BCUT2D eigenvalue weighted by atomic mass is 9.96. The van der Waals surface area contributed by atoms with Crippen molar-refractivity contribution in [2.75, 3.05) is 19.5 Å². The zero-order valence-electron chi connectivity index (χ0n) is 16.3. The largest absolute Gasteiger partial charge is 0.497 e. The van der Waals surface area contributed by atoms with Gasteiger partial charge in [-0.25, -0.2) is 0 Å². The van der Waals surface area contributed by atoms with Gasteiger partial charge in [-0.2, -0.15) is 0 Å². The van der Waals surface area contributed by atoms with E-state index in [-0.39, 0.29) is 5.78 Å². The number of benzene rings is 3. The van der Waals surface area contributed by atoms with Gasteiger partial charge >= 0.3 is 0 Å². The van der Waals surface area contributed by atoms with E-state index in [1.54, 1.807) is 20.4 Å². The van der Waals surface area contributed by atoms with Gasteiger partial charge in [-0.3, -0.25) is 4.79 Å². The molecule has 5 heteroatoms. The Morgan fingerprint density at radius 2 is 1.72 bits per heavy atom. The van der Waals surface area contributed by atoms with E-state index in [1.165, 1.54) is 0 Å². The SMILES string of the molecule is COc1cccc(NC(C(=O)c2c[nH]c3cccc(OC)c23)c2ccccc2)c1. The standard InChI is InChI=1S/C24H22N2O3/c1-28-18-11-6-10-17(14-18)26-23(16-8-4-3-5-9-16)24(27)19-15-25-20-12-7-13-21(29-2)22(19)20/h3-15,23,25-26H,1-2H3. The fraction of sp³-hybridized carbons (Fsp3) is 0.125. The zero-order chi connectivity index (χ0) is 20.2. The molecule has 1 unspecified atom stereocenters. The third kappa shape index (κ3) is 3.67. The second kappa shape index (κ2) is 8.10. The number of ketones is 1. The van der Waals surface area contributed by atoms with Crippen molar-refractivity contribution < 1.29 is 14.3 Å². The number of hydrogen-bond donors (Lipinski definition) is 2. The molecule has 5 nitrogen and oxygen atoms in total. The van der Waals surface area contributed by atoms with Gasteiger partial charge < -0.3 is 19.8 Å². The molecule has 3 aromatic carbocycles. The van der Waals surface area contributed by atoms with Crippen molar-refractivity contribution in [1.29, 1.82) is 0 Å². The molecule has 0 aliphatic carbocycles. The molecule has 0 spiro atoms. The minimum Gasteiger partial charge on any atom is -0.497 e. The molecule has 0 amide bonds. The molecule has 1 aromatic heterocycles. The highest BCUT2D eigenvalue weighted by atomic mass is 16.5. The molecule has 0 aliphatic heterocycles. The van der Waals surface area contributed by atoms with Crippen LogP contribution in [0.5, 0.6) is 11.5 Å². The van der Waals surface area contributed by atoms with E-state index in [1.807, 2.05) is 72.8 Å². The second-order valence-electron chi connectivity index (χ2n) is 6.67. The van der Waals surface area contributed by atoms with Crippen molar-refractivity contribution in [3.05, 3.63) is 90.1 Å². The third-order valence-electron chi connectivity index (χ3n) is 4.93. The van der Waals surface area contributed by atoms with Crippen LogP contribution in [0.15, 0.2) is 79.0 Å². The molecule has 1 heterocycles. The van der Waals surface area contributed by atoms with Crippen LogP contribution < -0.4 is 14.8 Å². The average molecular weight is 386 g/mol. The number of methoxy groups -OCH3 is 2. The van der Waals surface area contributed by atoms with Gasteiger partial charge in [0.2, 0.25) is 0 Å². The number of anilines is 1. The number of fused-ring (bicyclic) bond motifs is 1. The number of ether oxygens (including phenoxy) is 2. The smallest absolute Gasteiger partial charge is 0.191 e. The maximum absolute atomic E-state index is 13.7. The van der Waals surface area contributed by atoms with Crippen molar-refractivity contribution in [2.24, 2.45) is 0 Å². The van der Waals surface area contributed by atoms with Gasteiger partial charge in [0.25, 0.3) is 0 Å². The summed E-state index contributed by atoms with van der Waals surface area (Å²) in [5.41, 5.74) is 3.13. The first-order chi connectivity index (χ1) is 14.2. The van der Waals surface area contributed by atoms with Crippen LogP contribution in [-0.2, 0) is 0 Å². The van der Waals surface area contributed by atoms with Crippen molar-refractivity contribution in [2.45, 2.75) is 6.04 Å². The monoisotopic (exact) mass is 386 g/mol. The van der Waals surface area contributed by atoms with Crippen LogP contribution in [0, 0.1) is 0 Å². The van der Waals surface area contributed by atoms with Crippen molar-refractivity contribution >= 4 is 22.4 Å². The fourth-order valence-electron chi connectivity index (χ4n) is 3.50. The number of rotatable bonds is 7. The Morgan fingerprint density at radius 3 is 2.48 bits per heavy atom. The van der Waals surface area contributed by atoms with E-state index in [0.717, 1.165) is 27.9 Å². The van der Waals surface area contributed by atoms with E-state index in [0.29, 0.717) is 11.3 Å². The maximum atomic E-state index is 13.7. The maximum Gasteiger partial charge on any atom is 0.191 e. The predicted molar refractivity (Wildman–Crippen MR) is 115 cm³/mol. The second-order valence-corrected chi connectivity index (χ2v) is 6.67. The Hall–Kier alpha value is -3.73. The van der Waals surface area contributed by atoms with Crippen LogP contribution in [-0.4, -0.2) is 25.0 Å². The first-order valence-electron chi connectivity index (χ1n) is 9.35. The molecule has 0 saturated carbocycles. The first kappa shape index (κ1) is 18.6. The van der Waals surface area contributed by atoms with E-state index in [2.05, 4.69) is 10.3 Å². The first-order valence-corrected chi connectivity index (χ1v) is 9.35. The average Bonchev–Trinajstić information content (AvgIpc) is 3.22. The molecule has 0 fully saturated rings. The highest BCUT2D eigenvalue weighted by Gasteiger charge is 2.26. The Kier molecular flexibility index (Phi) is 5.20. The highest BCUT2D eigenvalue weighted by molar-refractivity contribution is 6.13. The normalized spacial score (nSPS) is 11.8. The van der Waals surface area contributed by atoms with Gasteiger partial charge in [0.05, 0.1) is 19.6 Å². The minimum atomic E-state index is -0.563. The molecule has 0 aliphatic rings. The summed E-state index contributed by atoms with van der Waals surface area (Å²) in [6.07, 6.45) is 1.75. The summed E-state index contributed by atoms with van der Waals surface area (Å²) in [7, 11) is 3.23. The Labute approximate surface area is 169 Å². The summed E-state index contributed by atoms with van der Waals surface area (Å²) in [4.78, 5) is 16.9. The summed E-state index contributed by atoms with van der Waals surface area (Å²) in [5, 5.41) is 4.16. The number of Topliss-reactive ketones (excluding diaryl/α,β-unsaturated/α-hetero) is 1. The predicted octanol–water partition coefficient (Wildman–Crippen LogP) is 5.22. The van der Waals surface area contributed by atoms with E-state index in [4.69, 9.17) is 9.47 Å². The third-order valence-corrected chi connectivity index (χ3v) is 4.93. The number of hydrogen-bond acceptors (Lipinski definition) is 4. The molecule has 0 saturated heterocycles. The van der Waals surface area contributed by atoms with Gasteiger partial charge in [0, 0.05) is 29.0 Å². The van der Waals surface area contributed by atoms with E-state index < -0.39 is 6.04 Å². The zero-order valence-corrected chi connectivity index (χ0v) is 16.3. The van der Waals surface area contributed by atoms with Crippen LogP contribution in [0.1, 0.15) is 22.0 Å². The van der Waals surface area contributed by atoms with Gasteiger partial charge in [-0.1, -0.05) is 42.5 Å². The molecule has 4 rings (SSSR count). The molecule has 29 heavy (non-hydrogen) atoms. The lowest BCUT2D eigenvalue weighted by molar-refractivity contribution is 0.0971. The lowest BCUT2D eigenvalue weighted by Gasteiger charge is -2.20.